The number of rotatable bonds is 3. The number of fused-ring (bicyclic) bond motifs is 1. The van der Waals surface area contributed by atoms with Crippen molar-refractivity contribution in [2.45, 2.75) is 19.9 Å². The van der Waals surface area contributed by atoms with E-state index in [0.717, 1.165) is 6.54 Å². The first kappa shape index (κ1) is 14.1. The van der Waals surface area contributed by atoms with Crippen LogP contribution in [-0.2, 0) is 11.3 Å². The predicted octanol–water partition coefficient (Wildman–Crippen LogP) is 1.92. The van der Waals surface area contributed by atoms with Gasteiger partial charge in [-0.3, -0.25) is 14.2 Å². The number of carbonyl (C=O) groups is 1. The smallest absolute Gasteiger partial charge is 0.261 e. The quantitative estimate of drug-likeness (QED) is 0.870. The van der Waals surface area contributed by atoms with Crippen molar-refractivity contribution in [3.63, 3.8) is 0 Å². The Labute approximate surface area is 127 Å². The van der Waals surface area contributed by atoms with Crippen LogP contribution in [0.2, 0.25) is 5.02 Å². The number of hydrogen-bond donors (Lipinski definition) is 0. The lowest BCUT2D eigenvalue weighted by atomic mass is 10.1. The molecule has 21 heavy (non-hydrogen) atoms. The number of carbonyl (C=O) groups excluding carboxylic acids is 1. The first-order chi connectivity index (χ1) is 10.1. The molecule has 6 heteroatoms. The highest BCUT2D eigenvalue weighted by Gasteiger charge is 2.28. The Hall–Kier alpha value is -1.88. The van der Waals surface area contributed by atoms with E-state index in [1.807, 2.05) is 11.8 Å². The molecule has 1 aromatic heterocycles. The van der Waals surface area contributed by atoms with Crippen LogP contribution in [-0.4, -0.2) is 33.4 Å². The maximum absolute atomic E-state index is 12.5. The molecular weight excluding hydrogens is 290 g/mol. The average molecular weight is 306 g/mol. The highest BCUT2D eigenvalue weighted by atomic mass is 35.5. The molecule has 1 aliphatic heterocycles. The fraction of sp³-hybridized carbons (Fsp3) is 0.400. The van der Waals surface area contributed by atoms with Crippen molar-refractivity contribution in [1.29, 1.82) is 0 Å². The Morgan fingerprint density at radius 2 is 2.19 bits per heavy atom. The largest absolute Gasteiger partial charge is 0.343 e. The number of benzene rings is 1. The van der Waals surface area contributed by atoms with Crippen LogP contribution in [0.3, 0.4) is 0 Å². The molecular formula is C15H16ClN3O2. The standard InChI is InChI=1S/C15H16ClN3O2/c1-2-18-7-10(6-13(18)20)8-19-9-17-14-11(15(19)21)4-3-5-12(14)16/h3-5,9-10H,2,6-8H2,1H3. The number of likely N-dealkylation sites (tertiary alicyclic amines) is 1. The Morgan fingerprint density at radius 1 is 1.38 bits per heavy atom. The second-order valence-corrected chi connectivity index (χ2v) is 5.75. The highest BCUT2D eigenvalue weighted by molar-refractivity contribution is 6.34. The first-order valence-electron chi connectivity index (χ1n) is 7.01. The lowest BCUT2D eigenvalue weighted by molar-refractivity contribution is -0.127. The minimum absolute atomic E-state index is 0.107. The van der Waals surface area contributed by atoms with Crippen molar-refractivity contribution in [1.82, 2.24) is 14.5 Å². The zero-order valence-corrected chi connectivity index (χ0v) is 12.5. The summed E-state index contributed by atoms with van der Waals surface area (Å²) in [7, 11) is 0. The van der Waals surface area contributed by atoms with E-state index in [0.29, 0.717) is 35.4 Å². The fourth-order valence-electron chi connectivity index (χ4n) is 2.84. The number of nitrogens with zero attached hydrogens (tertiary/aromatic N) is 3. The van der Waals surface area contributed by atoms with E-state index in [9.17, 15) is 9.59 Å². The van der Waals surface area contributed by atoms with E-state index in [1.165, 1.54) is 6.33 Å². The molecule has 0 saturated carbocycles. The van der Waals surface area contributed by atoms with Gasteiger partial charge in [-0.15, -0.1) is 0 Å². The average Bonchev–Trinajstić information content (AvgIpc) is 2.82. The summed E-state index contributed by atoms with van der Waals surface area (Å²) < 4.78 is 1.58. The molecule has 1 unspecified atom stereocenters. The fourth-order valence-corrected chi connectivity index (χ4v) is 3.07. The predicted molar refractivity (Wildman–Crippen MR) is 81.4 cm³/mol. The van der Waals surface area contributed by atoms with E-state index < -0.39 is 0 Å². The number of hydrogen-bond acceptors (Lipinski definition) is 3. The van der Waals surface area contributed by atoms with Crippen LogP contribution in [0.15, 0.2) is 29.3 Å². The summed E-state index contributed by atoms with van der Waals surface area (Å²) in [5.41, 5.74) is 0.419. The summed E-state index contributed by atoms with van der Waals surface area (Å²) in [6, 6.07) is 5.19. The summed E-state index contributed by atoms with van der Waals surface area (Å²) in [5, 5.41) is 0.992. The molecule has 3 rings (SSSR count). The van der Waals surface area contributed by atoms with Gasteiger partial charge in [-0.05, 0) is 19.1 Å². The van der Waals surface area contributed by atoms with E-state index in [1.54, 1.807) is 22.8 Å². The molecule has 0 radical (unpaired) electrons. The minimum atomic E-state index is -0.107. The van der Waals surface area contributed by atoms with Crippen molar-refractivity contribution in [2.24, 2.45) is 5.92 Å². The molecule has 1 atom stereocenters. The van der Waals surface area contributed by atoms with Gasteiger partial charge in [0.05, 0.1) is 22.3 Å². The van der Waals surface area contributed by atoms with Crippen LogP contribution < -0.4 is 5.56 Å². The van der Waals surface area contributed by atoms with Gasteiger partial charge in [0.2, 0.25) is 5.91 Å². The normalized spacial score (nSPS) is 18.7. The number of aromatic nitrogens is 2. The third-order valence-electron chi connectivity index (χ3n) is 3.94. The monoisotopic (exact) mass is 305 g/mol. The summed E-state index contributed by atoms with van der Waals surface area (Å²) in [5.74, 6) is 0.320. The van der Waals surface area contributed by atoms with Gasteiger partial charge in [0, 0.05) is 32.0 Å². The summed E-state index contributed by atoms with van der Waals surface area (Å²) in [6.45, 7) is 3.90. The topological polar surface area (TPSA) is 55.2 Å². The number of halogens is 1. The molecule has 1 fully saturated rings. The molecule has 1 aliphatic rings. The van der Waals surface area contributed by atoms with Gasteiger partial charge in [-0.2, -0.15) is 0 Å². The molecule has 1 aromatic carbocycles. The van der Waals surface area contributed by atoms with Crippen LogP contribution in [0.4, 0.5) is 0 Å². The second kappa shape index (κ2) is 5.48. The lowest BCUT2D eigenvalue weighted by Gasteiger charge is -2.14. The summed E-state index contributed by atoms with van der Waals surface area (Å²) >= 11 is 6.05. The minimum Gasteiger partial charge on any atom is -0.343 e. The van der Waals surface area contributed by atoms with Gasteiger partial charge in [-0.1, -0.05) is 17.7 Å². The maximum atomic E-state index is 12.5. The van der Waals surface area contributed by atoms with Crippen LogP contribution in [0.1, 0.15) is 13.3 Å². The molecule has 0 spiro atoms. The van der Waals surface area contributed by atoms with Gasteiger partial charge in [-0.25, -0.2) is 4.98 Å². The van der Waals surface area contributed by atoms with Gasteiger partial charge in [0.1, 0.15) is 0 Å². The van der Waals surface area contributed by atoms with E-state index in [-0.39, 0.29) is 17.4 Å². The number of amides is 1. The van der Waals surface area contributed by atoms with Gasteiger partial charge in [0.15, 0.2) is 0 Å². The van der Waals surface area contributed by atoms with Crippen molar-refractivity contribution >= 4 is 28.4 Å². The van der Waals surface area contributed by atoms with E-state index in [2.05, 4.69) is 4.98 Å². The van der Waals surface area contributed by atoms with Crippen LogP contribution >= 0.6 is 11.6 Å². The molecule has 2 aromatic rings. The van der Waals surface area contributed by atoms with Crippen LogP contribution in [0.25, 0.3) is 10.9 Å². The molecule has 110 valence electrons. The summed E-state index contributed by atoms with van der Waals surface area (Å²) in [4.78, 5) is 30.3. The Bertz CT molecular complexity index is 756. The van der Waals surface area contributed by atoms with Crippen molar-refractivity contribution < 1.29 is 4.79 Å². The molecule has 0 aliphatic carbocycles. The highest BCUT2D eigenvalue weighted by Crippen LogP contribution is 2.20. The molecule has 1 amide bonds. The van der Waals surface area contributed by atoms with Gasteiger partial charge in [0.25, 0.3) is 5.56 Å². The molecule has 5 nitrogen and oxygen atoms in total. The van der Waals surface area contributed by atoms with Crippen molar-refractivity contribution in [2.75, 3.05) is 13.1 Å². The third-order valence-corrected chi connectivity index (χ3v) is 4.24. The zero-order valence-electron chi connectivity index (χ0n) is 11.8. The van der Waals surface area contributed by atoms with E-state index in [4.69, 9.17) is 11.6 Å². The summed E-state index contributed by atoms with van der Waals surface area (Å²) in [6.07, 6.45) is 2.02. The van der Waals surface area contributed by atoms with Crippen LogP contribution in [0, 0.1) is 5.92 Å². The molecule has 0 bridgehead atoms. The van der Waals surface area contributed by atoms with E-state index >= 15 is 0 Å². The first-order valence-corrected chi connectivity index (χ1v) is 7.39. The molecule has 1 saturated heterocycles. The third kappa shape index (κ3) is 2.53. The lowest BCUT2D eigenvalue weighted by Crippen LogP contribution is -2.27. The maximum Gasteiger partial charge on any atom is 0.261 e. The van der Waals surface area contributed by atoms with Gasteiger partial charge < -0.3 is 4.90 Å². The Morgan fingerprint density at radius 3 is 2.90 bits per heavy atom. The molecule has 0 N–H and O–H groups in total. The van der Waals surface area contributed by atoms with Crippen molar-refractivity contribution in [3.05, 3.63) is 39.9 Å². The number of para-hydroxylation sites is 1. The van der Waals surface area contributed by atoms with Gasteiger partial charge >= 0.3 is 0 Å². The van der Waals surface area contributed by atoms with Crippen LogP contribution in [0.5, 0.6) is 0 Å². The second-order valence-electron chi connectivity index (χ2n) is 5.34. The molecule has 2 heterocycles. The Kier molecular flexibility index (Phi) is 3.68. The zero-order chi connectivity index (χ0) is 15.0. The Balaban J connectivity index is 1.91. The SMILES string of the molecule is CCN1CC(Cn2cnc3c(Cl)cccc3c2=O)CC1=O. The van der Waals surface area contributed by atoms with Crippen molar-refractivity contribution in [3.8, 4) is 0 Å².